The van der Waals surface area contributed by atoms with Crippen LogP contribution in [-0.4, -0.2) is 74.6 Å². The minimum atomic E-state index is -0.318. The Morgan fingerprint density at radius 3 is 2.88 bits per heavy atom. The molecular weight excluding hydrogens is 438 g/mol. The number of carbonyl (C=O) groups excluding carboxylic acids is 2. The van der Waals surface area contributed by atoms with Gasteiger partial charge >= 0.3 is 0 Å². The third kappa shape index (κ3) is 5.73. The number of benzene rings is 1. The molecule has 3 aromatic rings. The second-order valence-electron chi connectivity index (χ2n) is 8.00. The van der Waals surface area contributed by atoms with Crippen molar-refractivity contribution in [2.45, 2.75) is 33.0 Å². The summed E-state index contributed by atoms with van der Waals surface area (Å²) in [6.07, 6.45) is 1.58. The molecule has 4 rings (SSSR count). The Kier molecular flexibility index (Phi) is 7.12. The molecule has 34 heavy (non-hydrogen) atoms. The molecule has 0 saturated carbocycles. The first kappa shape index (κ1) is 23.3. The maximum atomic E-state index is 12.7. The van der Waals surface area contributed by atoms with Crippen molar-refractivity contribution in [3.63, 3.8) is 0 Å². The van der Waals surface area contributed by atoms with Crippen LogP contribution in [0.4, 0.5) is 0 Å². The third-order valence-corrected chi connectivity index (χ3v) is 5.43. The summed E-state index contributed by atoms with van der Waals surface area (Å²) in [5.74, 6) is 0.886. The van der Waals surface area contributed by atoms with Crippen LogP contribution < -0.4 is 10.1 Å². The Hall–Kier alpha value is -3.86. The third-order valence-electron chi connectivity index (χ3n) is 5.43. The van der Waals surface area contributed by atoms with E-state index in [-0.39, 0.29) is 23.6 Å². The molecule has 1 aromatic carbocycles. The molecule has 0 radical (unpaired) electrons. The van der Waals surface area contributed by atoms with E-state index in [1.165, 1.54) is 0 Å². The summed E-state index contributed by atoms with van der Waals surface area (Å²) in [4.78, 5) is 34.8. The summed E-state index contributed by atoms with van der Waals surface area (Å²) >= 11 is 0. The highest BCUT2D eigenvalue weighted by Crippen LogP contribution is 2.17. The first-order chi connectivity index (χ1) is 16.4. The molecule has 1 aliphatic rings. The molecular formula is C23H27N7O4. The number of nitrogens with one attached hydrogen (secondary N) is 1. The number of morpholine rings is 1. The fourth-order valence-corrected chi connectivity index (χ4v) is 3.70. The average molecular weight is 466 g/mol. The summed E-state index contributed by atoms with van der Waals surface area (Å²) in [5, 5.41) is 11.2. The van der Waals surface area contributed by atoms with Gasteiger partial charge in [0.1, 0.15) is 23.0 Å². The minimum absolute atomic E-state index is 0.0289. The zero-order valence-corrected chi connectivity index (χ0v) is 19.4. The van der Waals surface area contributed by atoms with Crippen molar-refractivity contribution in [2.24, 2.45) is 0 Å². The van der Waals surface area contributed by atoms with Crippen molar-refractivity contribution in [3.8, 4) is 17.1 Å². The highest BCUT2D eigenvalue weighted by molar-refractivity contribution is 5.93. The fraction of sp³-hybridized carbons (Fsp3) is 0.391. The summed E-state index contributed by atoms with van der Waals surface area (Å²) in [7, 11) is 1.60. The molecule has 1 saturated heterocycles. The van der Waals surface area contributed by atoms with E-state index in [1.54, 1.807) is 42.8 Å². The molecule has 2 amide bonds. The number of nitrogens with zero attached hydrogens (tertiary/aromatic N) is 6. The van der Waals surface area contributed by atoms with Crippen LogP contribution in [0.25, 0.3) is 11.4 Å². The zero-order chi connectivity index (χ0) is 24.1. The van der Waals surface area contributed by atoms with E-state index in [1.807, 2.05) is 24.3 Å². The van der Waals surface area contributed by atoms with E-state index < -0.39 is 0 Å². The van der Waals surface area contributed by atoms with E-state index in [0.717, 1.165) is 11.3 Å². The van der Waals surface area contributed by atoms with E-state index in [2.05, 4.69) is 25.6 Å². The lowest BCUT2D eigenvalue weighted by atomic mass is 10.2. The lowest BCUT2D eigenvalue weighted by molar-refractivity contribution is -0.136. The molecule has 11 nitrogen and oxygen atoms in total. The van der Waals surface area contributed by atoms with Gasteiger partial charge in [0.05, 0.1) is 38.3 Å². The number of ether oxygens (including phenoxy) is 2. The fourth-order valence-electron chi connectivity index (χ4n) is 3.70. The van der Waals surface area contributed by atoms with Gasteiger partial charge in [0, 0.05) is 26.6 Å². The van der Waals surface area contributed by atoms with Gasteiger partial charge < -0.3 is 19.7 Å². The lowest BCUT2D eigenvalue weighted by Gasteiger charge is -2.32. The summed E-state index contributed by atoms with van der Waals surface area (Å²) in [6.45, 7) is 5.66. The smallest absolute Gasteiger partial charge is 0.270 e. The van der Waals surface area contributed by atoms with E-state index >= 15 is 0 Å². The highest BCUT2D eigenvalue weighted by Gasteiger charge is 2.23. The normalized spacial score (nSPS) is 15.7. The second kappa shape index (κ2) is 10.4. The second-order valence-corrected chi connectivity index (χ2v) is 8.00. The SMILES string of the molecule is COc1cccc(CNC(=O)c2cc(-c3cn(C[C@@H]4CN(C(C)=O)CCO4)nn3)nc(C)n2)c1. The molecule has 2 aromatic heterocycles. The Balaban J connectivity index is 1.43. The highest BCUT2D eigenvalue weighted by atomic mass is 16.5. The summed E-state index contributed by atoms with van der Waals surface area (Å²) < 4.78 is 12.6. The Labute approximate surface area is 197 Å². The molecule has 11 heteroatoms. The molecule has 1 fully saturated rings. The van der Waals surface area contributed by atoms with Gasteiger partial charge in [-0.05, 0) is 30.7 Å². The number of aryl methyl sites for hydroxylation is 1. The van der Waals surface area contributed by atoms with Gasteiger partial charge in [-0.3, -0.25) is 9.59 Å². The minimum Gasteiger partial charge on any atom is -0.497 e. The average Bonchev–Trinajstić information content (AvgIpc) is 3.31. The number of rotatable bonds is 7. The van der Waals surface area contributed by atoms with Gasteiger partial charge in [-0.25, -0.2) is 14.6 Å². The van der Waals surface area contributed by atoms with E-state index in [0.29, 0.717) is 50.0 Å². The van der Waals surface area contributed by atoms with Crippen molar-refractivity contribution in [1.82, 2.24) is 35.2 Å². The van der Waals surface area contributed by atoms with Gasteiger partial charge in [0.25, 0.3) is 5.91 Å². The standard InChI is InChI=1S/C23H27N7O4/c1-15-25-20(10-21(26-15)23(32)24-11-17-5-4-6-18(9-17)33-3)22-14-30(28-27-22)13-19-12-29(16(2)31)7-8-34-19/h4-6,9-10,14,19H,7-8,11-13H2,1-3H3,(H,24,32)/t19-/m0/s1. The van der Waals surface area contributed by atoms with Crippen molar-refractivity contribution in [3.05, 3.63) is 53.6 Å². The molecule has 1 atom stereocenters. The number of amides is 2. The van der Waals surface area contributed by atoms with Crippen LogP contribution in [0.1, 0.15) is 28.8 Å². The summed E-state index contributed by atoms with van der Waals surface area (Å²) in [5.41, 5.74) is 2.18. The van der Waals surface area contributed by atoms with Crippen molar-refractivity contribution < 1.29 is 19.1 Å². The largest absolute Gasteiger partial charge is 0.497 e. The molecule has 3 heterocycles. The number of hydrogen-bond donors (Lipinski definition) is 1. The van der Waals surface area contributed by atoms with Gasteiger partial charge in [0.15, 0.2) is 0 Å². The van der Waals surface area contributed by atoms with Crippen molar-refractivity contribution in [2.75, 3.05) is 26.8 Å². The van der Waals surface area contributed by atoms with Gasteiger partial charge in [-0.15, -0.1) is 5.10 Å². The van der Waals surface area contributed by atoms with Crippen LogP contribution in [-0.2, 0) is 22.6 Å². The van der Waals surface area contributed by atoms with E-state index in [4.69, 9.17) is 9.47 Å². The number of carbonyl (C=O) groups is 2. The Morgan fingerprint density at radius 2 is 2.09 bits per heavy atom. The predicted molar refractivity (Wildman–Crippen MR) is 122 cm³/mol. The molecule has 0 spiro atoms. The number of methoxy groups -OCH3 is 1. The molecule has 0 aliphatic carbocycles. The van der Waals surface area contributed by atoms with Crippen LogP contribution >= 0.6 is 0 Å². The topological polar surface area (TPSA) is 124 Å². The first-order valence-electron chi connectivity index (χ1n) is 11.0. The molecule has 0 unspecified atom stereocenters. The molecule has 178 valence electrons. The van der Waals surface area contributed by atoms with Crippen molar-refractivity contribution in [1.29, 1.82) is 0 Å². The van der Waals surface area contributed by atoms with Crippen LogP contribution in [0.15, 0.2) is 36.5 Å². The van der Waals surface area contributed by atoms with E-state index in [9.17, 15) is 9.59 Å². The van der Waals surface area contributed by atoms with Crippen LogP contribution in [0.3, 0.4) is 0 Å². The Morgan fingerprint density at radius 1 is 1.24 bits per heavy atom. The van der Waals surface area contributed by atoms with Gasteiger partial charge in [0.2, 0.25) is 5.91 Å². The van der Waals surface area contributed by atoms with Crippen LogP contribution in [0, 0.1) is 6.92 Å². The zero-order valence-electron chi connectivity index (χ0n) is 19.4. The molecule has 1 aliphatic heterocycles. The quantitative estimate of drug-likeness (QED) is 0.553. The molecule has 1 N–H and O–H groups in total. The predicted octanol–water partition coefficient (Wildman–Crippen LogP) is 1.23. The van der Waals surface area contributed by atoms with Crippen LogP contribution in [0.5, 0.6) is 5.75 Å². The Bertz CT molecular complexity index is 1180. The van der Waals surface area contributed by atoms with Crippen LogP contribution in [0.2, 0.25) is 0 Å². The lowest BCUT2D eigenvalue weighted by Crippen LogP contribution is -2.46. The monoisotopic (exact) mass is 465 g/mol. The van der Waals surface area contributed by atoms with Gasteiger partial charge in [-0.2, -0.15) is 0 Å². The number of aromatic nitrogens is 5. The summed E-state index contributed by atoms with van der Waals surface area (Å²) in [6, 6.07) is 9.08. The first-order valence-corrected chi connectivity index (χ1v) is 11.0. The number of hydrogen-bond acceptors (Lipinski definition) is 8. The maximum absolute atomic E-state index is 12.7. The molecule has 0 bridgehead atoms. The van der Waals surface area contributed by atoms with Gasteiger partial charge in [-0.1, -0.05) is 17.3 Å². The van der Waals surface area contributed by atoms with Crippen molar-refractivity contribution >= 4 is 11.8 Å². The maximum Gasteiger partial charge on any atom is 0.270 e.